The second kappa shape index (κ2) is 4.46. The van der Waals surface area contributed by atoms with Crippen molar-refractivity contribution in [1.29, 1.82) is 0 Å². The molecule has 0 saturated heterocycles. The van der Waals surface area contributed by atoms with Crippen molar-refractivity contribution >= 4 is 26.0 Å². The van der Waals surface area contributed by atoms with E-state index in [1.807, 2.05) is 17.8 Å². The molecule has 0 aliphatic heterocycles. The SMILES string of the molecule is Cn1ccnc1CN(C1CC1)S(=O)(=O)CBr. The number of sulfonamides is 1. The lowest BCUT2D eigenvalue weighted by Gasteiger charge is -2.20. The minimum absolute atomic E-state index is 0.0269. The van der Waals surface area contributed by atoms with Gasteiger partial charge in [-0.3, -0.25) is 0 Å². The van der Waals surface area contributed by atoms with Gasteiger partial charge >= 0.3 is 0 Å². The Hall–Kier alpha value is -0.400. The highest BCUT2D eigenvalue weighted by Gasteiger charge is 2.37. The van der Waals surface area contributed by atoms with E-state index in [0.29, 0.717) is 6.54 Å². The first kappa shape index (κ1) is 12.1. The van der Waals surface area contributed by atoms with Gasteiger partial charge in [0.05, 0.1) is 6.54 Å². The van der Waals surface area contributed by atoms with Crippen LogP contribution in [-0.2, 0) is 23.6 Å². The Morgan fingerprint density at radius 1 is 1.62 bits per heavy atom. The number of aryl methyl sites for hydroxylation is 1. The van der Waals surface area contributed by atoms with Gasteiger partial charge in [-0.2, -0.15) is 4.31 Å². The molecule has 7 heteroatoms. The monoisotopic (exact) mass is 307 g/mol. The Labute approximate surface area is 104 Å². The zero-order valence-electron chi connectivity index (χ0n) is 9.00. The van der Waals surface area contributed by atoms with Gasteiger partial charge in [0.1, 0.15) is 10.5 Å². The molecule has 1 heterocycles. The Morgan fingerprint density at radius 3 is 2.75 bits per heavy atom. The molecule has 1 aromatic rings. The summed E-state index contributed by atoms with van der Waals surface area (Å²) >= 11 is 3.03. The molecule has 2 rings (SSSR count). The van der Waals surface area contributed by atoms with Gasteiger partial charge in [-0.1, -0.05) is 15.9 Å². The van der Waals surface area contributed by atoms with Gasteiger partial charge < -0.3 is 4.57 Å². The molecular weight excluding hydrogens is 294 g/mol. The number of nitrogens with zero attached hydrogens (tertiary/aromatic N) is 3. The predicted molar refractivity (Wildman–Crippen MR) is 64.5 cm³/mol. The summed E-state index contributed by atoms with van der Waals surface area (Å²) in [5, 5.41) is 0. The van der Waals surface area contributed by atoms with Crippen molar-refractivity contribution in [3.05, 3.63) is 18.2 Å². The van der Waals surface area contributed by atoms with Crippen LogP contribution in [0.4, 0.5) is 0 Å². The van der Waals surface area contributed by atoms with Gasteiger partial charge in [0.25, 0.3) is 0 Å². The number of halogens is 1. The van der Waals surface area contributed by atoms with Crippen LogP contribution in [0.1, 0.15) is 18.7 Å². The quantitative estimate of drug-likeness (QED) is 0.765. The highest BCUT2D eigenvalue weighted by molar-refractivity contribution is 9.10. The molecule has 0 aromatic carbocycles. The maximum absolute atomic E-state index is 11.9. The van der Waals surface area contributed by atoms with E-state index in [2.05, 4.69) is 20.9 Å². The zero-order valence-corrected chi connectivity index (χ0v) is 11.4. The molecule has 0 N–H and O–H groups in total. The van der Waals surface area contributed by atoms with Crippen LogP contribution in [0.5, 0.6) is 0 Å². The van der Waals surface area contributed by atoms with E-state index in [4.69, 9.17) is 0 Å². The molecule has 1 fully saturated rings. The van der Waals surface area contributed by atoms with E-state index in [1.54, 1.807) is 10.5 Å². The van der Waals surface area contributed by atoms with Crippen molar-refractivity contribution in [3.63, 3.8) is 0 Å². The average molecular weight is 308 g/mol. The zero-order chi connectivity index (χ0) is 11.8. The lowest BCUT2D eigenvalue weighted by atomic mass is 10.5. The summed E-state index contributed by atoms with van der Waals surface area (Å²) < 4.78 is 27.1. The molecule has 1 aliphatic carbocycles. The van der Waals surface area contributed by atoms with Gasteiger partial charge in [0.15, 0.2) is 0 Å². The third-order valence-electron chi connectivity index (χ3n) is 2.67. The molecule has 0 radical (unpaired) electrons. The molecule has 0 amide bonds. The number of alkyl halides is 1. The molecule has 1 saturated carbocycles. The summed E-state index contributed by atoms with van der Waals surface area (Å²) in [6.45, 7) is 0.363. The van der Waals surface area contributed by atoms with Crippen LogP contribution in [0.25, 0.3) is 0 Å². The van der Waals surface area contributed by atoms with Crippen LogP contribution in [0.3, 0.4) is 0 Å². The Morgan fingerprint density at radius 2 is 2.31 bits per heavy atom. The summed E-state index contributed by atoms with van der Waals surface area (Å²) in [6.07, 6.45) is 5.41. The molecular formula is C9H14BrN3O2S. The number of hydrogen-bond donors (Lipinski definition) is 0. The number of imidazole rings is 1. The van der Waals surface area contributed by atoms with Crippen LogP contribution < -0.4 is 0 Å². The molecule has 0 bridgehead atoms. The standard InChI is InChI=1S/C9H14BrN3O2S/c1-12-5-4-11-9(12)6-13(8-2-3-8)16(14,15)7-10/h4-5,8H,2-3,6-7H2,1H3. The van der Waals surface area contributed by atoms with Gasteiger partial charge in [0.2, 0.25) is 10.0 Å². The fourth-order valence-corrected chi connectivity index (χ4v) is 3.46. The average Bonchev–Trinajstić information content (AvgIpc) is 3.00. The van der Waals surface area contributed by atoms with Gasteiger partial charge in [0, 0.05) is 25.5 Å². The second-order valence-electron chi connectivity index (χ2n) is 3.95. The van der Waals surface area contributed by atoms with Crippen LogP contribution in [0.2, 0.25) is 0 Å². The Kier molecular flexibility index (Phi) is 3.37. The molecule has 0 unspecified atom stereocenters. The van der Waals surface area contributed by atoms with Gasteiger partial charge in [-0.25, -0.2) is 13.4 Å². The molecule has 1 aliphatic rings. The highest BCUT2D eigenvalue weighted by Crippen LogP contribution is 2.31. The summed E-state index contributed by atoms with van der Waals surface area (Å²) in [5.41, 5.74) is 0. The molecule has 5 nitrogen and oxygen atoms in total. The maximum atomic E-state index is 11.9. The minimum atomic E-state index is -3.19. The topological polar surface area (TPSA) is 55.2 Å². The van der Waals surface area contributed by atoms with Crippen molar-refractivity contribution in [2.45, 2.75) is 25.4 Å². The number of hydrogen-bond acceptors (Lipinski definition) is 3. The van der Waals surface area contributed by atoms with E-state index >= 15 is 0 Å². The van der Waals surface area contributed by atoms with Crippen molar-refractivity contribution in [3.8, 4) is 0 Å². The van der Waals surface area contributed by atoms with Gasteiger partial charge in [-0.05, 0) is 12.8 Å². The minimum Gasteiger partial charge on any atom is -0.337 e. The van der Waals surface area contributed by atoms with E-state index in [9.17, 15) is 8.42 Å². The molecule has 1 aromatic heterocycles. The van der Waals surface area contributed by atoms with Crippen LogP contribution in [0.15, 0.2) is 12.4 Å². The first-order valence-electron chi connectivity index (χ1n) is 5.06. The van der Waals surface area contributed by atoms with Crippen LogP contribution >= 0.6 is 15.9 Å². The van der Waals surface area contributed by atoms with Crippen molar-refractivity contribution < 1.29 is 8.42 Å². The van der Waals surface area contributed by atoms with E-state index < -0.39 is 10.0 Å². The van der Waals surface area contributed by atoms with Crippen molar-refractivity contribution in [2.24, 2.45) is 7.05 Å². The van der Waals surface area contributed by atoms with E-state index in [1.165, 1.54) is 0 Å². The first-order valence-corrected chi connectivity index (χ1v) is 7.79. The summed E-state index contributed by atoms with van der Waals surface area (Å²) in [7, 11) is -1.32. The predicted octanol–water partition coefficient (Wildman–Crippen LogP) is 1.07. The molecule has 0 atom stereocenters. The molecule has 90 valence electrons. The highest BCUT2D eigenvalue weighted by atomic mass is 79.9. The van der Waals surface area contributed by atoms with Crippen LogP contribution in [-0.4, -0.2) is 33.0 Å². The first-order chi connectivity index (χ1) is 7.54. The van der Waals surface area contributed by atoms with Crippen molar-refractivity contribution in [1.82, 2.24) is 13.9 Å². The smallest absolute Gasteiger partial charge is 0.224 e. The lowest BCUT2D eigenvalue weighted by molar-refractivity contribution is 0.388. The van der Waals surface area contributed by atoms with E-state index in [0.717, 1.165) is 18.7 Å². The number of rotatable bonds is 5. The fourth-order valence-electron chi connectivity index (χ4n) is 1.57. The summed E-state index contributed by atoms with van der Waals surface area (Å²) in [4.78, 5) is 4.16. The summed E-state index contributed by atoms with van der Waals surface area (Å²) in [6, 6.07) is 0.166. The molecule has 16 heavy (non-hydrogen) atoms. The lowest BCUT2D eigenvalue weighted by Crippen LogP contribution is -2.34. The normalized spacial score (nSPS) is 16.9. The Balaban J connectivity index is 2.19. The molecule has 0 spiro atoms. The maximum Gasteiger partial charge on any atom is 0.224 e. The number of aromatic nitrogens is 2. The third-order valence-corrected chi connectivity index (χ3v) is 5.82. The Bertz CT molecular complexity index is 467. The van der Waals surface area contributed by atoms with Crippen LogP contribution in [0, 0.1) is 0 Å². The fraction of sp³-hybridized carbons (Fsp3) is 0.667. The van der Waals surface area contributed by atoms with E-state index in [-0.39, 0.29) is 10.7 Å². The van der Waals surface area contributed by atoms with Crippen molar-refractivity contribution in [2.75, 3.05) is 4.66 Å². The largest absolute Gasteiger partial charge is 0.337 e. The summed E-state index contributed by atoms with van der Waals surface area (Å²) in [5.74, 6) is 0.774. The third kappa shape index (κ3) is 2.46. The van der Waals surface area contributed by atoms with Gasteiger partial charge in [-0.15, -0.1) is 0 Å². The second-order valence-corrected chi connectivity index (χ2v) is 7.18.